The minimum atomic E-state index is 0.163. The minimum Gasteiger partial charge on any atom is -0.273 e. The average Bonchev–Trinajstić information content (AvgIpc) is 2.55. The summed E-state index contributed by atoms with van der Waals surface area (Å²) in [6.07, 6.45) is 14.5. The van der Waals surface area contributed by atoms with Crippen molar-refractivity contribution < 1.29 is 4.79 Å². The average molecular weight is 306 g/mol. The van der Waals surface area contributed by atoms with Gasteiger partial charge in [0, 0.05) is 11.6 Å². The number of nitrogens with one attached hydrogen (secondary N) is 1. The van der Waals surface area contributed by atoms with Crippen LogP contribution in [0.5, 0.6) is 0 Å². The lowest BCUT2D eigenvalue weighted by Crippen LogP contribution is -2.32. The number of rotatable bonds is 6. The Labute approximate surface area is 136 Å². The van der Waals surface area contributed by atoms with Crippen molar-refractivity contribution in [3.05, 3.63) is 0 Å². The standard InChI is InChI=1S/C19H34N2O/c1-3-4-13-18(16-10-6-5-7-11-16)20-21-19(22)17-12-8-9-15(2)14-17/h15-17H,3-14H2,1-2H3,(H,21,22)/b20-18-. The van der Waals surface area contributed by atoms with Gasteiger partial charge in [-0.2, -0.15) is 5.10 Å². The lowest BCUT2D eigenvalue weighted by molar-refractivity contribution is -0.126. The van der Waals surface area contributed by atoms with Crippen LogP contribution in [0.1, 0.15) is 90.9 Å². The molecular formula is C19H34N2O. The molecule has 0 saturated heterocycles. The van der Waals surface area contributed by atoms with E-state index in [9.17, 15) is 4.79 Å². The Bertz CT molecular complexity index is 372. The molecule has 0 heterocycles. The zero-order chi connectivity index (χ0) is 15.8. The van der Waals surface area contributed by atoms with Gasteiger partial charge in [0.05, 0.1) is 0 Å². The Morgan fingerprint density at radius 3 is 2.45 bits per heavy atom. The van der Waals surface area contributed by atoms with Crippen molar-refractivity contribution in [1.29, 1.82) is 0 Å². The second kappa shape index (κ2) is 9.32. The van der Waals surface area contributed by atoms with Gasteiger partial charge in [0.15, 0.2) is 0 Å². The lowest BCUT2D eigenvalue weighted by atomic mass is 9.82. The quantitative estimate of drug-likeness (QED) is 0.541. The SMILES string of the molecule is CCCC/C(=N/NC(=O)C1CCCC(C)C1)C1CCCCC1. The fraction of sp³-hybridized carbons (Fsp3) is 0.895. The van der Waals surface area contributed by atoms with Crippen LogP contribution in [-0.4, -0.2) is 11.6 Å². The fourth-order valence-electron chi connectivity index (χ4n) is 4.04. The highest BCUT2D eigenvalue weighted by Gasteiger charge is 2.25. The number of nitrogens with zero attached hydrogens (tertiary/aromatic N) is 1. The summed E-state index contributed by atoms with van der Waals surface area (Å²) >= 11 is 0. The van der Waals surface area contributed by atoms with Gasteiger partial charge in [0.1, 0.15) is 0 Å². The van der Waals surface area contributed by atoms with Crippen LogP contribution in [0.15, 0.2) is 5.10 Å². The molecule has 126 valence electrons. The summed E-state index contributed by atoms with van der Waals surface area (Å²) in [6, 6.07) is 0. The molecule has 0 aromatic carbocycles. The molecule has 1 amide bonds. The molecule has 3 nitrogen and oxygen atoms in total. The number of hydrazone groups is 1. The second-order valence-corrected chi connectivity index (χ2v) is 7.49. The van der Waals surface area contributed by atoms with Crippen molar-refractivity contribution in [3.8, 4) is 0 Å². The van der Waals surface area contributed by atoms with Crippen LogP contribution in [0.3, 0.4) is 0 Å². The third-order valence-corrected chi connectivity index (χ3v) is 5.48. The summed E-state index contributed by atoms with van der Waals surface area (Å²) in [5, 5.41) is 4.60. The van der Waals surface area contributed by atoms with Crippen LogP contribution in [0.4, 0.5) is 0 Å². The number of carbonyl (C=O) groups excluding carboxylic acids is 1. The van der Waals surface area contributed by atoms with Crippen LogP contribution in [0.25, 0.3) is 0 Å². The Kier molecular flexibility index (Phi) is 7.41. The van der Waals surface area contributed by atoms with Gasteiger partial charge < -0.3 is 0 Å². The maximum Gasteiger partial charge on any atom is 0.243 e. The third kappa shape index (κ3) is 5.40. The largest absolute Gasteiger partial charge is 0.273 e. The fourth-order valence-corrected chi connectivity index (χ4v) is 4.04. The van der Waals surface area contributed by atoms with E-state index in [-0.39, 0.29) is 11.8 Å². The summed E-state index contributed by atoms with van der Waals surface area (Å²) < 4.78 is 0. The number of amides is 1. The first-order valence-electron chi connectivity index (χ1n) is 9.57. The number of hydrogen-bond acceptors (Lipinski definition) is 2. The molecule has 0 spiro atoms. The maximum atomic E-state index is 12.4. The maximum absolute atomic E-state index is 12.4. The minimum absolute atomic E-state index is 0.163. The van der Waals surface area contributed by atoms with E-state index >= 15 is 0 Å². The Balaban J connectivity index is 1.90. The monoisotopic (exact) mass is 306 g/mol. The van der Waals surface area contributed by atoms with Crippen molar-refractivity contribution in [2.75, 3.05) is 0 Å². The highest BCUT2D eigenvalue weighted by Crippen LogP contribution is 2.29. The molecule has 0 aromatic rings. The van der Waals surface area contributed by atoms with Gasteiger partial charge in [0.2, 0.25) is 5.91 Å². The predicted molar refractivity (Wildman–Crippen MR) is 92.8 cm³/mol. The van der Waals surface area contributed by atoms with E-state index in [1.807, 2.05) is 0 Å². The van der Waals surface area contributed by atoms with Gasteiger partial charge in [0.25, 0.3) is 0 Å². The molecule has 2 saturated carbocycles. The second-order valence-electron chi connectivity index (χ2n) is 7.49. The smallest absolute Gasteiger partial charge is 0.243 e. The molecule has 0 aliphatic heterocycles. The molecule has 0 bridgehead atoms. The molecule has 0 aromatic heterocycles. The summed E-state index contributed by atoms with van der Waals surface area (Å²) in [7, 11) is 0. The van der Waals surface area contributed by atoms with Crippen molar-refractivity contribution >= 4 is 11.6 Å². The van der Waals surface area contributed by atoms with Gasteiger partial charge in [-0.05, 0) is 50.4 Å². The Morgan fingerprint density at radius 1 is 1.05 bits per heavy atom. The molecule has 1 N–H and O–H groups in total. The molecule has 0 radical (unpaired) electrons. The van der Waals surface area contributed by atoms with Crippen LogP contribution >= 0.6 is 0 Å². The Morgan fingerprint density at radius 2 is 1.77 bits per heavy atom. The number of hydrogen-bond donors (Lipinski definition) is 1. The van der Waals surface area contributed by atoms with Crippen LogP contribution in [0.2, 0.25) is 0 Å². The molecule has 2 fully saturated rings. The Hall–Kier alpha value is -0.860. The van der Waals surface area contributed by atoms with E-state index in [4.69, 9.17) is 0 Å². The van der Waals surface area contributed by atoms with Crippen molar-refractivity contribution in [2.24, 2.45) is 22.9 Å². The molecule has 2 atom stereocenters. The first kappa shape index (κ1) is 17.5. The number of unbranched alkanes of at least 4 members (excludes halogenated alkanes) is 1. The summed E-state index contributed by atoms with van der Waals surface area (Å²) in [5.74, 6) is 1.65. The summed E-state index contributed by atoms with van der Waals surface area (Å²) in [6.45, 7) is 4.48. The summed E-state index contributed by atoms with van der Waals surface area (Å²) in [5.41, 5.74) is 4.19. The van der Waals surface area contributed by atoms with Gasteiger partial charge in [-0.15, -0.1) is 0 Å². The van der Waals surface area contributed by atoms with Crippen LogP contribution in [0, 0.1) is 17.8 Å². The molecule has 22 heavy (non-hydrogen) atoms. The molecular weight excluding hydrogens is 272 g/mol. The van der Waals surface area contributed by atoms with Crippen molar-refractivity contribution in [1.82, 2.24) is 5.43 Å². The van der Waals surface area contributed by atoms with E-state index in [1.165, 1.54) is 63.5 Å². The molecule has 2 rings (SSSR count). The van der Waals surface area contributed by atoms with E-state index in [0.717, 1.165) is 19.3 Å². The topological polar surface area (TPSA) is 41.5 Å². The highest BCUT2D eigenvalue weighted by atomic mass is 16.2. The van der Waals surface area contributed by atoms with Gasteiger partial charge in [-0.25, -0.2) is 5.43 Å². The highest BCUT2D eigenvalue weighted by molar-refractivity contribution is 5.88. The van der Waals surface area contributed by atoms with E-state index in [2.05, 4.69) is 24.4 Å². The summed E-state index contributed by atoms with van der Waals surface area (Å²) in [4.78, 5) is 12.4. The zero-order valence-corrected chi connectivity index (χ0v) is 14.6. The third-order valence-electron chi connectivity index (χ3n) is 5.48. The van der Waals surface area contributed by atoms with Crippen molar-refractivity contribution in [3.63, 3.8) is 0 Å². The van der Waals surface area contributed by atoms with Gasteiger partial charge >= 0.3 is 0 Å². The molecule has 2 aliphatic carbocycles. The zero-order valence-electron chi connectivity index (χ0n) is 14.6. The molecule has 3 heteroatoms. The van der Waals surface area contributed by atoms with Crippen LogP contribution in [-0.2, 0) is 4.79 Å². The first-order valence-corrected chi connectivity index (χ1v) is 9.57. The normalized spacial score (nSPS) is 27.6. The molecule has 2 unspecified atom stereocenters. The van der Waals surface area contributed by atoms with E-state index < -0.39 is 0 Å². The number of carbonyl (C=O) groups is 1. The van der Waals surface area contributed by atoms with E-state index in [0.29, 0.717) is 11.8 Å². The van der Waals surface area contributed by atoms with Crippen molar-refractivity contribution in [2.45, 2.75) is 90.9 Å². The first-order chi connectivity index (χ1) is 10.7. The molecule has 2 aliphatic rings. The van der Waals surface area contributed by atoms with Gasteiger partial charge in [-0.3, -0.25) is 4.79 Å². The van der Waals surface area contributed by atoms with Gasteiger partial charge in [-0.1, -0.05) is 52.4 Å². The predicted octanol–water partition coefficient (Wildman–Crippen LogP) is 5.06. The van der Waals surface area contributed by atoms with E-state index in [1.54, 1.807) is 0 Å². The van der Waals surface area contributed by atoms with Crippen LogP contribution < -0.4 is 5.43 Å². The lowest BCUT2D eigenvalue weighted by Gasteiger charge is -2.26.